The van der Waals surface area contributed by atoms with Crippen molar-refractivity contribution in [3.8, 4) is 0 Å². The van der Waals surface area contributed by atoms with Crippen LogP contribution in [0.2, 0.25) is 0 Å². The fraction of sp³-hybridized carbons (Fsp3) is 0.600. The van der Waals surface area contributed by atoms with E-state index in [1.165, 1.54) is 9.18 Å². The molecular weight excluding hydrogens is 244 g/mol. The molecule has 4 nitrogen and oxygen atoms in total. The SMILES string of the molecule is CN(CCc1cccs1)S(=O)(=O)CCCN. The van der Waals surface area contributed by atoms with E-state index in [0.717, 1.165) is 6.42 Å². The fourth-order valence-corrected chi connectivity index (χ4v) is 3.19. The lowest BCUT2D eigenvalue weighted by molar-refractivity contribution is 0.472. The maximum atomic E-state index is 11.7. The third kappa shape index (κ3) is 4.21. The van der Waals surface area contributed by atoms with Gasteiger partial charge in [0.1, 0.15) is 0 Å². The molecule has 16 heavy (non-hydrogen) atoms. The molecule has 92 valence electrons. The fourth-order valence-electron chi connectivity index (χ4n) is 1.28. The van der Waals surface area contributed by atoms with E-state index in [9.17, 15) is 8.42 Å². The minimum absolute atomic E-state index is 0.143. The van der Waals surface area contributed by atoms with E-state index in [2.05, 4.69) is 0 Å². The van der Waals surface area contributed by atoms with E-state index in [1.807, 2.05) is 17.5 Å². The van der Waals surface area contributed by atoms with Gasteiger partial charge in [0.05, 0.1) is 5.75 Å². The topological polar surface area (TPSA) is 63.4 Å². The molecule has 0 aliphatic carbocycles. The number of rotatable bonds is 7. The molecule has 0 aliphatic rings. The van der Waals surface area contributed by atoms with Crippen LogP contribution in [-0.2, 0) is 16.4 Å². The maximum absolute atomic E-state index is 11.7. The average Bonchev–Trinajstić information content (AvgIpc) is 2.75. The Kier molecular flexibility index (Phi) is 5.40. The quantitative estimate of drug-likeness (QED) is 0.794. The highest BCUT2D eigenvalue weighted by molar-refractivity contribution is 7.89. The van der Waals surface area contributed by atoms with Crippen LogP contribution in [0.15, 0.2) is 17.5 Å². The first-order valence-corrected chi connectivity index (χ1v) is 7.71. The molecule has 0 bridgehead atoms. The third-order valence-corrected chi connectivity index (χ3v) is 5.21. The van der Waals surface area contributed by atoms with Crippen molar-refractivity contribution in [2.24, 2.45) is 5.73 Å². The highest BCUT2D eigenvalue weighted by atomic mass is 32.2. The molecule has 1 rings (SSSR count). The molecule has 0 spiro atoms. The summed E-state index contributed by atoms with van der Waals surface area (Å²) in [4.78, 5) is 1.21. The molecule has 1 aromatic heterocycles. The van der Waals surface area contributed by atoms with E-state index >= 15 is 0 Å². The molecule has 0 fully saturated rings. The summed E-state index contributed by atoms with van der Waals surface area (Å²) in [5.74, 6) is 0.143. The van der Waals surface area contributed by atoms with Crippen molar-refractivity contribution >= 4 is 21.4 Å². The van der Waals surface area contributed by atoms with Gasteiger partial charge in [-0.15, -0.1) is 11.3 Å². The molecule has 0 atom stereocenters. The zero-order valence-corrected chi connectivity index (χ0v) is 11.1. The first-order chi connectivity index (χ1) is 7.56. The lowest BCUT2D eigenvalue weighted by Crippen LogP contribution is -2.31. The van der Waals surface area contributed by atoms with Crippen LogP contribution in [0.25, 0.3) is 0 Å². The van der Waals surface area contributed by atoms with E-state index in [4.69, 9.17) is 5.73 Å². The van der Waals surface area contributed by atoms with Crippen molar-refractivity contribution in [3.05, 3.63) is 22.4 Å². The van der Waals surface area contributed by atoms with Gasteiger partial charge < -0.3 is 5.73 Å². The summed E-state index contributed by atoms with van der Waals surface area (Å²) in [5, 5.41) is 2.00. The van der Waals surface area contributed by atoms with E-state index in [-0.39, 0.29) is 5.75 Å². The Morgan fingerprint density at radius 3 is 2.81 bits per heavy atom. The number of sulfonamides is 1. The zero-order chi connectivity index (χ0) is 12.0. The number of nitrogens with zero attached hydrogens (tertiary/aromatic N) is 1. The predicted molar refractivity (Wildman–Crippen MR) is 68.1 cm³/mol. The largest absolute Gasteiger partial charge is 0.330 e. The van der Waals surface area contributed by atoms with Gasteiger partial charge in [0.25, 0.3) is 0 Å². The second-order valence-electron chi connectivity index (χ2n) is 3.61. The van der Waals surface area contributed by atoms with Crippen LogP contribution in [0.4, 0.5) is 0 Å². The Labute approximate surface area is 101 Å². The van der Waals surface area contributed by atoms with Gasteiger partial charge in [0, 0.05) is 18.5 Å². The first kappa shape index (κ1) is 13.6. The Hall–Kier alpha value is -0.430. The second-order valence-corrected chi connectivity index (χ2v) is 6.84. The van der Waals surface area contributed by atoms with Gasteiger partial charge in [0.15, 0.2) is 0 Å². The van der Waals surface area contributed by atoms with Crippen LogP contribution in [0.3, 0.4) is 0 Å². The van der Waals surface area contributed by atoms with Gasteiger partial charge in [-0.05, 0) is 30.8 Å². The first-order valence-electron chi connectivity index (χ1n) is 5.22. The van der Waals surface area contributed by atoms with Gasteiger partial charge in [0.2, 0.25) is 10.0 Å². The van der Waals surface area contributed by atoms with Crippen molar-refractivity contribution in [2.45, 2.75) is 12.8 Å². The number of nitrogens with two attached hydrogens (primary N) is 1. The minimum Gasteiger partial charge on any atom is -0.330 e. The van der Waals surface area contributed by atoms with Gasteiger partial charge in [-0.1, -0.05) is 6.07 Å². The van der Waals surface area contributed by atoms with Gasteiger partial charge in [-0.3, -0.25) is 0 Å². The summed E-state index contributed by atoms with van der Waals surface area (Å²) < 4.78 is 24.9. The molecule has 0 amide bonds. The number of thiophene rings is 1. The molecule has 6 heteroatoms. The molecule has 0 aliphatic heterocycles. The highest BCUT2D eigenvalue weighted by Crippen LogP contribution is 2.10. The standard InChI is InChI=1S/C10H18N2O2S2/c1-12(16(13,14)9-3-6-11)7-5-10-4-2-8-15-10/h2,4,8H,3,5-7,9,11H2,1H3. The highest BCUT2D eigenvalue weighted by Gasteiger charge is 2.16. The van der Waals surface area contributed by atoms with Crippen LogP contribution in [0.1, 0.15) is 11.3 Å². The Bertz CT molecular complexity index is 387. The lowest BCUT2D eigenvalue weighted by Gasteiger charge is -2.16. The molecule has 0 unspecified atom stereocenters. The molecule has 0 saturated heterocycles. The monoisotopic (exact) mass is 262 g/mol. The van der Waals surface area contributed by atoms with Gasteiger partial charge in [-0.2, -0.15) is 0 Å². The van der Waals surface area contributed by atoms with Crippen molar-refractivity contribution in [1.29, 1.82) is 0 Å². The maximum Gasteiger partial charge on any atom is 0.213 e. The Morgan fingerprint density at radius 2 is 2.25 bits per heavy atom. The lowest BCUT2D eigenvalue weighted by atomic mass is 10.3. The summed E-state index contributed by atoms with van der Waals surface area (Å²) >= 11 is 1.65. The zero-order valence-electron chi connectivity index (χ0n) is 9.43. The summed E-state index contributed by atoms with van der Waals surface area (Å²) in [6.07, 6.45) is 1.29. The molecule has 2 N–H and O–H groups in total. The molecular formula is C10H18N2O2S2. The van der Waals surface area contributed by atoms with E-state index in [0.29, 0.717) is 19.5 Å². The van der Waals surface area contributed by atoms with Crippen molar-refractivity contribution in [2.75, 3.05) is 25.9 Å². The summed E-state index contributed by atoms with van der Waals surface area (Å²) in [5.41, 5.74) is 5.31. The van der Waals surface area contributed by atoms with Crippen molar-refractivity contribution in [1.82, 2.24) is 4.31 Å². The van der Waals surface area contributed by atoms with Gasteiger partial charge >= 0.3 is 0 Å². The minimum atomic E-state index is -3.12. The third-order valence-electron chi connectivity index (χ3n) is 2.33. The predicted octanol–water partition coefficient (Wildman–Crippen LogP) is 0.901. The average molecular weight is 262 g/mol. The Morgan fingerprint density at radius 1 is 1.50 bits per heavy atom. The van der Waals surface area contributed by atoms with Gasteiger partial charge in [-0.25, -0.2) is 12.7 Å². The Balaban J connectivity index is 2.42. The number of hydrogen-bond acceptors (Lipinski definition) is 4. The van der Waals surface area contributed by atoms with Crippen LogP contribution in [0.5, 0.6) is 0 Å². The second kappa shape index (κ2) is 6.34. The summed E-state index contributed by atoms with van der Waals surface area (Å²) in [6, 6.07) is 3.99. The summed E-state index contributed by atoms with van der Waals surface area (Å²) in [7, 11) is -1.49. The smallest absolute Gasteiger partial charge is 0.213 e. The normalized spacial score (nSPS) is 12.2. The molecule has 1 aromatic rings. The molecule has 0 saturated carbocycles. The van der Waals surface area contributed by atoms with Crippen LogP contribution in [-0.4, -0.2) is 38.6 Å². The van der Waals surface area contributed by atoms with E-state index in [1.54, 1.807) is 18.4 Å². The number of hydrogen-bond donors (Lipinski definition) is 1. The van der Waals surface area contributed by atoms with Crippen molar-refractivity contribution < 1.29 is 8.42 Å². The van der Waals surface area contributed by atoms with Crippen LogP contribution in [0, 0.1) is 0 Å². The van der Waals surface area contributed by atoms with Crippen LogP contribution < -0.4 is 5.73 Å². The molecule has 1 heterocycles. The molecule has 0 radical (unpaired) electrons. The van der Waals surface area contributed by atoms with Crippen molar-refractivity contribution in [3.63, 3.8) is 0 Å². The number of likely N-dealkylation sites (N-methyl/N-ethyl adjacent to an activating group) is 1. The molecule has 0 aromatic carbocycles. The summed E-state index contributed by atoms with van der Waals surface area (Å²) in [6.45, 7) is 0.950. The van der Waals surface area contributed by atoms with E-state index < -0.39 is 10.0 Å². The van der Waals surface area contributed by atoms with Crippen LogP contribution >= 0.6 is 11.3 Å².